The Bertz CT molecular complexity index is 1000. The van der Waals surface area contributed by atoms with Gasteiger partial charge in [-0.25, -0.2) is 4.98 Å². The van der Waals surface area contributed by atoms with Gasteiger partial charge in [0.2, 0.25) is 6.79 Å². The van der Waals surface area contributed by atoms with Gasteiger partial charge >= 0.3 is 0 Å². The number of halogens is 1. The molecule has 0 unspecified atom stereocenters. The van der Waals surface area contributed by atoms with Crippen LogP contribution in [-0.4, -0.2) is 49.8 Å². The molecule has 1 amide bonds. The van der Waals surface area contributed by atoms with Crippen LogP contribution in [0.15, 0.2) is 41.0 Å². The van der Waals surface area contributed by atoms with Crippen LogP contribution in [0.4, 0.5) is 0 Å². The number of quaternary nitrogens is 1. The normalized spacial score (nSPS) is 12.7. The maximum absolute atomic E-state index is 12.9. The summed E-state index contributed by atoms with van der Waals surface area (Å²) in [5.74, 6) is 1.48. The van der Waals surface area contributed by atoms with Gasteiger partial charge in [0, 0.05) is 23.6 Å². The molecule has 0 saturated heterocycles. The number of carbonyl (C=O) groups excluding carboxylic acids is 1. The minimum Gasteiger partial charge on any atom is -0.459 e. The number of benzene rings is 1. The molecule has 3 heterocycles. The summed E-state index contributed by atoms with van der Waals surface area (Å²) in [4.78, 5) is 20.3. The number of hydrogen-bond acceptors (Lipinski definition) is 5. The number of furan rings is 1. The summed E-state index contributed by atoms with van der Waals surface area (Å²) in [7, 11) is 4.09. The summed E-state index contributed by atoms with van der Waals surface area (Å²) < 4.78 is 16.1. The largest absolute Gasteiger partial charge is 0.459 e. The molecule has 0 bridgehead atoms. The Morgan fingerprint density at radius 3 is 2.75 bits per heavy atom. The van der Waals surface area contributed by atoms with Crippen LogP contribution in [0.25, 0.3) is 10.9 Å². The minimum absolute atomic E-state index is 0.173. The van der Waals surface area contributed by atoms with Crippen molar-refractivity contribution < 1.29 is 23.6 Å². The number of nitrogens with zero attached hydrogens (tertiary/aromatic N) is 2. The van der Waals surface area contributed by atoms with Crippen molar-refractivity contribution in [2.45, 2.75) is 6.54 Å². The molecule has 0 aliphatic carbocycles. The highest BCUT2D eigenvalue weighted by Crippen LogP contribution is 2.36. The quantitative estimate of drug-likeness (QED) is 0.639. The minimum atomic E-state index is -0.173. The number of amides is 1. The topological polar surface area (TPSA) is 69.2 Å². The van der Waals surface area contributed by atoms with E-state index in [4.69, 9.17) is 25.5 Å². The predicted octanol–water partition coefficient (Wildman–Crippen LogP) is 2.00. The lowest BCUT2D eigenvalue weighted by molar-refractivity contribution is -0.857. The third-order valence-electron chi connectivity index (χ3n) is 4.60. The Labute approximate surface area is 167 Å². The zero-order chi connectivity index (χ0) is 19.7. The molecule has 0 atom stereocenters. The third-order valence-corrected chi connectivity index (χ3v) is 4.92. The molecule has 0 radical (unpaired) electrons. The molecular formula is C20H21ClN3O4+. The predicted molar refractivity (Wildman–Crippen MR) is 104 cm³/mol. The second kappa shape index (κ2) is 7.69. The smallest absolute Gasteiger partial charge is 0.290 e. The van der Waals surface area contributed by atoms with Gasteiger partial charge in [0.25, 0.3) is 5.91 Å². The van der Waals surface area contributed by atoms with Gasteiger partial charge in [0.1, 0.15) is 5.15 Å². The van der Waals surface area contributed by atoms with E-state index >= 15 is 0 Å². The highest BCUT2D eigenvalue weighted by atomic mass is 35.5. The summed E-state index contributed by atoms with van der Waals surface area (Å²) in [6.07, 6.45) is 1.50. The van der Waals surface area contributed by atoms with Gasteiger partial charge in [0.15, 0.2) is 17.3 Å². The van der Waals surface area contributed by atoms with Crippen LogP contribution in [-0.2, 0) is 6.54 Å². The number of ether oxygens (including phenoxy) is 2. The first kappa shape index (κ1) is 18.6. The molecule has 1 aliphatic rings. The second-order valence-corrected chi connectivity index (χ2v) is 7.36. The Hall–Kier alpha value is -2.77. The van der Waals surface area contributed by atoms with Crippen LogP contribution in [0.5, 0.6) is 11.5 Å². The number of aromatic nitrogens is 1. The van der Waals surface area contributed by atoms with Crippen molar-refractivity contribution in [1.82, 2.24) is 9.88 Å². The molecule has 1 N–H and O–H groups in total. The van der Waals surface area contributed by atoms with E-state index in [-0.39, 0.29) is 12.7 Å². The van der Waals surface area contributed by atoms with E-state index in [1.165, 1.54) is 11.2 Å². The molecule has 0 saturated carbocycles. The van der Waals surface area contributed by atoms with Crippen LogP contribution in [0.1, 0.15) is 16.1 Å². The van der Waals surface area contributed by atoms with E-state index < -0.39 is 0 Å². The highest BCUT2D eigenvalue weighted by molar-refractivity contribution is 6.30. The number of carbonyl (C=O) groups is 1. The molecule has 8 heteroatoms. The number of fused-ring (bicyclic) bond motifs is 2. The van der Waals surface area contributed by atoms with Crippen molar-refractivity contribution in [3.05, 3.63) is 53.1 Å². The van der Waals surface area contributed by atoms with Gasteiger partial charge in [-0.3, -0.25) is 4.79 Å². The number of pyridine rings is 1. The molecule has 146 valence electrons. The molecule has 1 aliphatic heterocycles. The number of nitrogens with one attached hydrogen (secondary N) is 1. The Kier molecular flexibility index (Phi) is 5.11. The maximum atomic E-state index is 12.9. The van der Waals surface area contributed by atoms with Crippen molar-refractivity contribution in [1.29, 1.82) is 0 Å². The van der Waals surface area contributed by atoms with Crippen molar-refractivity contribution in [2.24, 2.45) is 0 Å². The summed E-state index contributed by atoms with van der Waals surface area (Å²) in [6, 6.07) is 9.01. The molecular weight excluding hydrogens is 382 g/mol. The number of rotatable bonds is 6. The van der Waals surface area contributed by atoms with Gasteiger partial charge in [0.05, 0.1) is 39.0 Å². The van der Waals surface area contributed by atoms with Gasteiger partial charge < -0.3 is 23.7 Å². The zero-order valence-corrected chi connectivity index (χ0v) is 16.5. The summed E-state index contributed by atoms with van der Waals surface area (Å²) in [5.41, 5.74) is 1.49. The zero-order valence-electron chi connectivity index (χ0n) is 15.7. The Morgan fingerprint density at radius 2 is 2.04 bits per heavy atom. The van der Waals surface area contributed by atoms with E-state index in [9.17, 15) is 4.79 Å². The first-order chi connectivity index (χ1) is 13.5. The fraction of sp³-hybridized carbons (Fsp3) is 0.300. The first-order valence-electron chi connectivity index (χ1n) is 9.02. The standard InChI is InChI=1S/C20H20ClN3O4/c1-23(2)5-6-24(20(25)16-4-3-7-26-16)11-14-8-13-9-17-18(28-12-27-17)10-15(13)22-19(14)21/h3-4,7-10H,5-6,11-12H2,1-2H3/p+1. The fourth-order valence-electron chi connectivity index (χ4n) is 3.07. The lowest BCUT2D eigenvalue weighted by Crippen LogP contribution is -3.06. The van der Waals surface area contributed by atoms with Crippen LogP contribution in [0.3, 0.4) is 0 Å². The van der Waals surface area contributed by atoms with E-state index in [0.717, 1.165) is 23.0 Å². The average Bonchev–Trinajstić information content (AvgIpc) is 3.34. The van der Waals surface area contributed by atoms with Crippen LogP contribution in [0, 0.1) is 0 Å². The van der Waals surface area contributed by atoms with Crippen LogP contribution in [0.2, 0.25) is 5.15 Å². The van der Waals surface area contributed by atoms with Crippen molar-refractivity contribution in [3.63, 3.8) is 0 Å². The van der Waals surface area contributed by atoms with Crippen LogP contribution < -0.4 is 14.4 Å². The molecule has 28 heavy (non-hydrogen) atoms. The molecule has 7 nitrogen and oxygen atoms in total. The number of likely N-dealkylation sites (N-methyl/N-ethyl adjacent to an activating group) is 1. The molecule has 2 aromatic heterocycles. The molecule has 0 fully saturated rings. The number of hydrogen-bond donors (Lipinski definition) is 1. The van der Waals surface area contributed by atoms with E-state index in [2.05, 4.69) is 4.98 Å². The van der Waals surface area contributed by atoms with Gasteiger partial charge in [-0.2, -0.15) is 0 Å². The van der Waals surface area contributed by atoms with Crippen molar-refractivity contribution in [3.8, 4) is 11.5 Å². The molecule has 1 aromatic carbocycles. The summed E-state index contributed by atoms with van der Waals surface area (Å²) >= 11 is 6.44. The van der Waals surface area contributed by atoms with Gasteiger partial charge in [-0.05, 0) is 24.3 Å². The molecule has 4 rings (SSSR count). The Balaban J connectivity index is 1.65. The average molecular weight is 403 g/mol. The fourth-order valence-corrected chi connectivity index (χ4v) is 3.27. The van der Waals surface area contributed by atoms with Crippen molar-refractivity contribution >= 4 is 28.4 Å². The highest BCUT2D eigenvalue weighted by Gasteiger charge is 2.22. The third kappa shape index (κ3) is 3.76. The van der Waals surface area contributed by atoms with Gasteiger partial charge in [-0.15, -0.1) is 0 Å². The lowest BCUT2D eigenvalue weighted by atomic mass is 10.1. The first-order valence-corrected chi connectivity index (χ1v) is 9.39. The monoisotopic (exact) mass is 402 g/mol. The maximum Gasteiger partial charge on any atom is 0.290 e. The lowest BCUT2D eigenvalue weighted by Gasteiger charge is -2.23. The summed E-state index contributed by atoms with van der Waals surface area (Å²) in [5, 5.41) is 1.24. The van der Waals surface area contributed by atoms with E-state index in [1.54, 1.807) is 17.0 Å². The van der Waals surface area contributed by atoms with Crippen molar-refractivity contribution in [2.75, 3.05) is 34.0 Å². The van der Waals surface area contributed by atoms with Gasteiger partial charge in [-0.1, -0.05) is 11.6 Å². The SMILES string of the molecule is C[NH+](C)CCN(Cc1cc2cc3c(cc2nc1Cl)OCO3)C(=O)c1ccco1. The van der Waals surface area contributed by atoms with E-state index in [0.29, 0.717) is 35.5 Å². The van der Waals surface area contributed by atoms with Crippen LogP contribution >= 0.6 is 11.6 Å². The molecule has 3 aromatic rings. The Morgan fingerprint density at radius 1 is 1.25 bits per heavy atom. The molecule has 0 spiro atoms. The summed E-state index contributed by atoms with van der Waals surface area (Å²) in [6.45, 7) is 1.90. The van der Waals surface area contributed by atoms with E-state index in [1.807, 2.05) is 32.3 Å². The second-order valence-electron chi connectivity index (χ2n) is 7.00.